The summed E-state index contributed by atoms with van der Waals surface area (Å²) in [6.45, 7) is 1.38. The molecule has 0 aromatic heterocycles. The van der Waals surface area contributed by atoms with E-state index in [4.69, 9.17) is 4.74 Å². The average Bonchev–Trinajstić information content (AvgIpc) is 1.88. The first-order valence-corrected chi connectivity index (χ1v) is 3.02. The van der Waals surface area contributed by atoms with E-state index in [-0.39, 0.29) is 28.3 Å². The summed E-state index contributed by atoms with van der Waals surface area (Å²) in [5.74, 6) is 0.307. The van der Waals surface area contributed by atoms with Gasteiger partial charge in [-0.15, -0.1) is 0 Å². The van der Waals surface area contributed by atoms with Crippen LogP contribution in [-0.4, -0.2) is 5.97 Å². The molecule has 0 bridgehead atoms. The first-order chi connectivity index (χ1) is 4.79. The summed E-state index contributed by atoms with van der Waals surface area (Å²) in [7, 11) is 0. The minimum atomic E-state index is -0.286. The Bertz CT molecular complexity index is 221. The van der Waals surface area contributed by atoms with Gasteiger partial charge >= 0.3 is 5.97 Å². The number of hydrogen-bond donors (Lipinski definition) is 0. The van der Waals surface area contributed by atoms with Crippen LogP contribution in [-0.2, 0) is 27.2 Å². The Morgan fingerprint density at radius 1 is 1.27 bits per heavy atom. The van der Waals surface area contributed by atoms with E-state index in [9.17, 15) is 4.79 Å². The van der Waals surface area contributed by atoms with E-state index >= 15 is 0 Å². The molecule has 3 heteroatoms. The predicted molar refractivity (Wildman–Crippen MR) is 37.8 cm³/mol. The Morgan fingerprint density at radius 2 is 1.82 bits per heavy atom. The fraction of sp³-hybridized carbons (Fsp3) is 0.125. The number of carbonyl (C=O) groups excluding carboxylic acids is 1. The molecular formula is C8H8AgO2. The van der Waals surface area contributed by atoms with E-state index in [1.165, 1.54) is 6.92 Å². The zero-order valence-electron chi connectivity index (χ0n) is 6.00. The number of benzene rings is 1. The summed E-state index contributed by atoms with van der Waals surface area (Å²) in [6, 6.07) is 8.98. The second-order valence-electron chi connectivity index (χ2n) is 1.91. The average molecular weight is 244 g/mol. The van der Waals surface area contributed by atoms with E-state index in [2.05, 4.69) is 0 Å². The van der Waals surface area contributed by atoms with Crippen molar-refractivity contribution in [3.63, 3.8) is 0 Å². The topological polar surface area (TPSA) is 26.3 Å². The fourth-order valence-corrected chi connectivity index (χ4v) is 0.655. The van der Waals surface area contributed by atoms with Crippen molar-refractivity contribution in [1.29, 1.82) is 0 Å². The Labute approximate surface area is 81.1 Å². The predicted octanol–water partition coefficient (Wildman–Crippen LogP) is 1.61. The van der Waals surface area contributed by atoms with Gasteiger partial charge in [0.05, 0.1) is 0 Å². The van der Waals surface area contributed by atoms with E-state index < -0.39 is 0 Å². The van der Waals surface area contributed by atoms with Crippen LogP contribution in [0.3, 0.4) is 0 Å². The number of para-hydroxylation sites is 1. The number of hydrogen-bond acceptors (Lipinski definition) is 2. The second-order valence-corrected chi connectivity index (χ2v) is 1.91. The van der Waals surface area contributed by atoms with Crippen LogP contribution in [0.4, 0.5) is 0 Å². The van der Waals surface area contributed by atoms with E-state index in [1.54, 1.807) is 12.1 Å². The van der Waals surface area contributed by atoms with Crippen LogP contribution in [0.15, 0.2) is 30.3 Å². The maximum atomic E-state index is 10.4. The smallest absolute Gasteiger partial charge is 0.308 e. The molecular weight excluding hydrogens is 236 g/mol. The van der Waals surface area contributed by atoms with Crippen molar-refractivity contribution >= 4 is 5.97 Å². The normalized spacial score (nSPS) is 8.09. The van der Waals surface area contributed by atoms with Crippen molar-refractivity contribution in [2.75, 3.05) is 0 Å². The van der Waals surface area contributed by atoms with Crippen molar-refractivity contribution in [2.45, 2.75) is 6.92 Å². The summed E-state index contributed by atoms with van der Waals surface area (Å²) in [5, 5.41) is 0. The van der Waals surface area contributed by atoms with Gasteiger partial charge in [0.15, 0.2) is 0 Å². The molecule has 0 aliphatic rings. The number of esters is 1. The molecule has 0 spiro atoms. The summed E-state index contributed by atoms with van der Waals surface area (Å²) in [6.07, 6.45) is 0. The summed E-state index contributed by atoms with van der Waals surface area (Å²) in [5.41, 5.74) is 0. The summed E-state index contributed by atoms with van der Waals surface area (Å²) in [4.78, 5) is 10.4. The largest absolute Gasteiger partial charge is 0.427 e. The van der Waals surface area contributed by atoms with Gasteiger partial charge in [0.2, 0.25) is 0 Å². The minimum absolute atomic E-state index is 0. The summed E-state index contributed by atoms with van der Waals surface area (Å²) < 4.78 is 4.78. The molecule has 1 aromatic carbocycles. The van der Waals surface area contributed by atoms with Crippen molar-refractivity contribution in [2.24, 2.45) is 0 Å². The molecule has 1 rings (SSSR count). The Kier molecular flexibility index (Phi) is 4.86. The molecule has 0 amide bonds. The van der Waals surface area contributed by atoms with Crippen LogP contribution < -0.4 is 4.74 Å². The summed E-state index contributed by atoms with van der Waals surface area (Å²) >= 11 is 0. The third-order valence-corrected chi connectivity index (χ3v) is 1.00. The second kappa shape index (κ2) is 5.13. The molecule has 0 saturated carbocycles. The quantitative estimate of drug-likeness (QED) is 0.426. The van der Waals surface area contributed by atoms with Gasteiger partial charge in [-0.25, -0.2) is 0 Å². The molecule has 0 heterocycles. The molecule has 63 valence electrons. The third-order valence-electron chi connectivity index (χ3n) is 1.00. The van der Waals surface area contributed by atoms with Gasteiger partial charge in [0, 0.05) is 29.3 Å². The number of rotatable bonds is 1. The van der Waals surface area contributed by atoms with Crippen LogP contribution in [0.25, 0.3) is 0 Å². The first kappa shape index (κ1) is 10.4. The van der Waals surface area contributed by atoms with Crippen LogP contribution in [0.1, 0.15) is 6.92 Å². The minimum Gasteiger partial charge on any atom is -0.427 e. The monoisotopic (exact) mass is 243 g/mol. The maximum absolute atomic E-state index is 10.4. The molecule has 0 fully saturated rings. The van der Waals surface area contributed by atoms with Gasteiger partial charge in [-0.1, -0.05) is 18.2 Å². The van der Waals surface area contributed by atoms with E-state index in [0.717, 1.165) is 0 Å². The van der Waals surface area contributed by atoms with Crippen LogP contribution >= 0.6 is 0 Å². The van der Waals surface area contributed by atoms with E-state index in [0.29, 0.717) is 5.75 Å². The van der Waals surface area contributed by atoms with Crippen LogP contribution in [0.5, 0.6) is 5.75 Å². The molecule has 0 aliphatic heterocycles. The molecule has 0 unspecified atom stereocenters. The van der Waals surface area contributed by atoms with Gasteiger partial charge < -0.3 is 4.74 Å². The fourth-order valence-electron chi connectivity index (χ4n) is 0.655. The van der Waals surface area contributed by atoms with Crippen molar-refractivity contribution in [3.05, 3.63) is 30.3 Å². The number of carbonyl (C=O) groups is 1. The molecule has 0 atom stereocenters. The molecule has 0 N–H and O–H groups in total. The van der Waals surface area contributed by atoms with Crippen LogP contribution in [0.2, 0.25) is 0 Å². The van der Waals surface area contributed by atoms with Crippen molar-refractivity contribution < 1.29 is 31.9 Å². The molecule has 1 radical (unpaired) electrons. The van der Waals surface area contributed by atoms with Crippen LogP contribution in [0, 0.1) is 0 Å². The Balaban J connectivity index is 0.000001000. The maximum Gasteiger partial charge on any atom is 0.308 e. The third kappa shape index (κ3) is 3.98. The zero-order chi connectivity index (χ0) is 7.40. The SMILES string of the molecule is CC(=O)Oc1ccccc1.[Ag]. The number of ether oxygens (including phenoxy) is 1. The van der Waals surface area contributed by atoms with Gasteiger partial charge in [0.25, 0.3) is 0 Å². The van der Waals surface area contributed by atoms with Crippen molar-refractivity contribution in [1.82, 2.24) is 0 Å². The van der Waals surface area contributed by atoms with Gasteiger partial charge in [-0.2, -0.15) is 0 Å². The molecule has 0 saturated heterocycles. The van der Waals surface area contributed by atoms with Gasteiger partial charge in [0.1, 0.15) is 5.75 Å². The molecule has 2 nitrogen and oxygen atoms in total. The first-order valence-electron chi connectivity index (χ1n) is 3.02. The van der Waals surface area contributed by atoms with Gasteiger partial charge in [-0.05, 0) is 12.1 Å². The molecule has 11 heavy (non-hydrogen) atoms. The molecule has 1 aromatic rings. The molecule has 0 aliphatic carbocycles. The Morgan fingerprint density at radius 3 is 2.27 bits per heavy atom. The Hall–Kier alpha value is -0.570. The standard InChI is InChI=1S/C8H8O2.Ag/c1-7(9)10-8-5-3-2-4-6-8;/h2-6H,1H3;. The van der Waals surface area contributed by atoms with Gasteiger partial charge in [-0.3, -0.25) is 4.79 Å². The van der Waals surface area contributed by atoms with Crippen molar-refractivity contribution in [3.8, 4) is 5.75 Å². The zero-order valence-corrected chi connectivity index (χ0v) is 7.49. The van der Waals surface area contributed by atoms with E-state index in [1.807, 2.05) is 18.2 Å².